The number of aliphatic hydroxyl groups excluding tert-OH is 1. The Morgan fingerprint density at radius 1 is 1.29 bits per heavy atom. The van der Waals surface area contributed by atoms with Crippen LogP contribution >= 0.6 is 0 Å². The van der Waals surface area contributed by atoms with Crippen molar-refractivity contribution in [2.45, 2.75) is 52.1 Å². The number of aliphatic hydroxyl groups is 1. The van der Waals surface area contributed by atoms with E-state index in [9.17, 15) is 5.11 Å². The molecule has 0 aromatic heterocycles. The van der Waals surface area contributed by atoms with Crippen molar-refractivity contribution in [2.24, 2.45) is 11.8 Å². The van der Waals surface area contributed by atoms with E-state index in [0.29, 0.717) is 5.92 Å². The van der Waals surface area contributed by atoms with Gasteiger partial charge in [0, 0.05) is 12.5 Å². The van der Waals surface area contributed by atoms with Crippen LogP contribution in [0.15, 0.2) is 0 Å². The molecular weight excluding hydrogens is 176 g/mol. The van der Waals surface area contributed by atoms with Gasteiger partial charge in [-0.2, -0.15) is 0 Å². The van der Waals surface area contributed by atoms with Gasteiger partial charge in [-0.3, -0.25) is 0 Å². The van der Waals surface area contributed by atoms with E-state index in [4.69, 9.17) is 4.74 Å². The molecule has 0 bridgehead atoms. The van der Waals surface area contributed by atoms with Gasteiger partial charge in [0.2, 0.25) is 0 Å². The van der Waals surface area contributed by atoms with Crippen molar-refractivity contribution >= 4 is 0 Å². The second-order valence-electron chi connectivity index (χ2n) is 4.45. The number of hydrogen-bond acceptors (Lipinski definition) is 2. The van der Waals surface area contributed by atoms with Gasteiger partial charge >= 0.3 is 0 Å². The topological polar surface area (TPSA) is 29.5 Å². The lowest BCUT2D eigenvalue weighted by Gasteiger charge is -2.19. The third-order valence-corrected chi connectivity index (χ3v) is 3.53. The molecule has 1 fully saturated rings. The zero-order chi connectivity index (χ0) is 10.4. The fourth-order valence-electron chi connectivity index (χ4n) is 2.20. The molecule has 0 radical (unpaired) electrons. The summed E-state index contributed by atoms with van der Waals surface area (Å²) in [6.45, 7) is 6.08. The van der Waals surface area contributed by atoms with Crippen LogP contribution in [0.5, 0.6) is 0 Å². The minimum atomic E-state index is -0.127. The summed E-state index contributed by atoms with van der Waals surface area (Å²) in [5.74, 6) is 1.20. The minimum absolute atomic E-state index is 0.127. The summed E-state index contributed by atoms with van der Waals surface area (Å²) in [5.41, 5.74) is 0. The Bertz CT molecular complexity index is 137. The molecule has 2 atom stereocenters. The lowest BCUT2D eigenvalue weighted by Crippen LogP contribution is -2.21. The molecule has 1 saturated heterocycles. The van der Waals surface area contributed by atoms with E-state index < -0.39 is 0 Å². The van der Waals surface area contributed by atoms with Gasteiger partial charge in [0.25, 0.3) is 0 Å². The number of hydrogen-bond donors (Lipinski definition) is 1. The smallest absolute Gasteiger partial charge is 0.0591 e. The van der Waals surface area contributed by atoms with E-state index in [2.05, 4.69) is 13.8 Å². The first-order valence-corrected chi connectivity index (χ1v) is 6.03. The molecule has 1 rings (SSSR count). The SMILES string of the molecule is CCC(CC)CCC(O)C1CCOC1. The van der Waals surface area contributed by atoms with E-state index in [-0.39, 0.29) is 6.10 Å². The Labute approximate surface area is 87.7 Å². The van der Waals surface area contributed by atoms with Crippen LogP contribution in [-0.4, -0.2) is 24.4 Å². The number of rotatable bonds is 6. The molecule has 2 unspecified atom stereocenters. The molecule has 14 heavy (non-hydrogen) atoms. The van der Waals surface area contributed by atoms with Gasteiger partial charge in [0.15, 0.2) is 0 Å². The van der Waals surface area contributed by atoms with Gasteiger partial charge in [-0.25, -0.2) is 0 Å². The lowest BCUT2D eigenvalue weighted by molar-refractivity contribution is 0.0787. The van der Waals surface area contributed by atoms with Gasteiger partial charge in [0.05, 0.1) is 12.7 Å². The molecular formula is C12H24O2. The van der Waals surface area contributed by atoms with Crippen LogP contribution in [-0.2, 0) is 4.74 Å². The standard InChI is InChI=1S/C12H24O2/c1-3-10(4-2)5-6-12(13)11-7-8-14-9-11/h10-13H,3-9H2,1-2H3. The zero-order valence-corrected chi connectivity index (χ0v) is 9.54. The minimum Gasteiger partial charge on any atom is -0.393 e. The van der Waals surface area contributed by atoms with Crippen molar-refractivity contribution in [3.05, 3.63) is 0 Å². The predicted octanol–water partition coefficient (Wildman–Crippen LogP) is 2.60. The molecule has 2 nitrogen and oxygen atoms in total. The first-order chi connectivity index (χ1) is 6.77. The van der Waals surface area contributed by atoms with Crippen molar-refractivity contribution in [3.8, 4) is 0 Å². The quantitative estimate of drug-likeness (QED) is 0.714. The van der Waals surface area contributed by atoms with Gasteiger partial charge in [0.1, 0.15) is 0 Å². The summed E-state index contributed by atoms with van der Waals surface area (Å²) in [6, 6.07) is 0. The third-order valence-electron chi connectivity index (χ3n) is 3.53. The van der Waals surface area contributed by atoms with Crippen LogP contribution < -0.4 is 0 Å². The average molecular weight is 200 g/mol. The highest BCUT2D eigenvalue weighted by atomic mass is 16.5. The highest BCUT2D eigenvalue weighted by Crippen LogP contribution is 2.23. The fourth-order valence-corrected chi connectivity index (χ4v) is 2.20. The first-order valence-electron chi connectivity index (χ1n) is 6.03. The Hall–Kier alpha value is -0.0800. The Morgan fingerprint density at radius 3 is 2.50 bits per heavy atom. The van der Waals surface area contributed by atoms with Gasteiger partial charge in [-0.15, -0.1) is 0 Å². The molecule has 2 heteroatoms. The van der Waals surface area contributed by atoms with Crippen molar-refractivity contribution in [3.63, 3.8) is 0 Å². The highest BCUT2D eigenvalue weighted by molar-refractivity contribution is 4.73. The molecule has 1 N–H and O–H groups in total. The van der Waals surface area contributed by atoms with Crippen LogP contribution in [0, 0.1) is 11.8 Å². The van der Waals surface area contributed by atoms with Crippen molar-refractivity contribution in [2.75, 3.05) is 13.2 Å². The largest absolute Gasteiger partial charge is 0.393 e. The fraction of sp³-hybridized carbons (Fsp3) is 1.00. The average Bonchev–Trinajstić information content (AvgIpc) is 2.72. The Kier molecular flexibility index (Phi) is 5.49. The van der Waals surface area contributed by atoms with Crippen molar-refractivity contribution < 1.29 is 9.84 Å². The highest BCUT2D eigenvalue weighted by Gasteiger charge is 2.23. The third kappa shape index (κ3) is 3.58. The summed E-state index contributed by atoms with van der Waals surface area (Å²) in [5, 5.41) is 9.91. The van der Waals surface area contributed by atoms with Crippen molar-refractivity contribution in [1.82, 2.24) is 0 Å². The maximum absolute atomic E-state index is 9.91. The van der Waals surface area contributed by atoms with Crippen LogP contribution in [0.25, 0.3) is 0 Å². The Balaban J connectivity index is 2.15. The van der Waals surface area contributed by atoms with E-state index in [1.165, 1.54) is 19.3 Å². The van der Waals surface area contributed by atoms with Gasteiger partial charge in [-0.1, -0.05) is 26.7 Å². The monoisotopic (exact) mass is 200 g/mol. The van der Waals surface area contributed by atoms with E-state index in [0.717, 1.165) is 32.0 Å². The summed E-state index contributed by atoms with van der Waals surface area (Å²) >= 11 is 0. The number of ether oxygens (including phenoxy) is 1. The summed E-state index contributed by atoms with van der Waals surface area (Å²) in [7, 11) is 0. The Morgan fingerprint density at radius 2 is 2.00 bits per heavy atom. The predicted molar refractivity (Wildman–Crippen MR) is 58.2 cm³/mol. The molecule has 1 heterocycles. The van der Waals surface area contributed by atoms with Crippen LogP contribution in [0.4, 0.5) is 0 Å². The molecule has 0 amide bonds. The molecule has 0 aliphatic carbocycles. The molecule has 0 saturated carbocycles. The lowest BCUT2D eigenvalue weighted by atomic mass is 9.91. The van der Waals surface area contributed by atoms with Crippen LogP contribution in [0.3, 0.4) is 0 Å². The second kappa shape index (κ2) is 6.41. The molecule has 0 aromatic rings. The summed E-state index contributed by atoms with van der Waals surface area (Å²) < 4.78 is 5.28. The first kappa shape index (κ1) is 12.0. The van der Waals surface area contributed by atoms with E-state index in [1.54, 1.807) is 0 Å². The van der Waals surface area contributed by atoms with Gasteiger partial charge in [-0.05, 0) is 25.2 Å². The van der Waals surface area contributed by atoms with E-state index >= 15 is 0 Å². The van der Waals surface area contributed by atoms with Crippen LogP contribution in [0.2, 0.25) is 0 Å². The summed E-state index contributed by atoms with van der Waals surface area (Å²) in [6.07, 6.45) is 5.53. The molecule has 0 spiro atoms. The zero-order valence-electron chi connectivity index (χ0n) is 9.54. The molecule has 0 aromatic carbocycles. The maximum atomic E-state index is 9.91. The second-order valence-corrected chi connectivity index (χ2v) is 4.45. The van der Waals surface area contributed by atoms with Crippen molar-refractivity contribution in [1.29, 1.82) is 0 Å². The van der Waals surface area contributed by atoms with E-state index in [1.807, 2.05) is 0 Å². The summed E-state index contributed by atoms with van der Waals surface area (Å²) in [4.78, 5) is 0. The molecule has 1 aliphatic heterocycles. The molecule has 1 aliphatic rings. The molecule has 84 valence electrons. The van der Waals surface area contributed by atoms with Gasteiger partial charge < -0.3 is 9.84 Å². The normalized spacial score (nSPS) is 24.4. The van der Waals surface area contributed by atoms with Crippen LogP contribution in [0.1, 0.15) is 46.0 Å². The maximum Gasteiger partial charge on any atom is 0.0591 e.